The second-order valence-corrected chi connectivity index (χ2v) is 3.68. The van der Waals surface area contributed by atoms with Gasteiger partial charge in [0.1, 0.15) is 5.69 Å². The van der Waals surface area contributed by atoms with Crippen LogP contribution in [0.25, 0.3) is 0 Å². The second-order valence-electron chi connectivity index (χ2n) is 3.68. The first-order chi connectivity index (χ1) is 7.29. The van der Waals surface area contributed by atoms with Gasteiger partial charge in [-0.25, -0.2) is 0 Å². The summed E-state index contributed by atoms with van der Waals surface area (Å²) in [6, 6.07) is 0.0854. The maximum absolute atomic E-state index is 11.9. The van der Waals surface area contributed by atoms with Crippen LogP contribution in [0.15, 0.2) is 6.20 Å². The maximum atomic E-state index is 11.9. The molecule has 1 aromatic rings. The Labute approximate surface area is 91.2 Å². The summed E-state index contributed by atoms with van der Waals surface area (Å²) in [5, 5.41) is 3.93. The lowest BCUT2D eigenvalue weighted by molar-refractivity contribution is -0.139. The third-order valence-corrected chi connectivity index (χ3v) is 1.88. The van der Waals surface area contributed by atoms with E-state index in [2.05, 4.69) is 5.10 Å². The van der Waals surface area contributed by atoms with Crippen molar-refractivity contribution in [1.82, 2.24) is 9.78 Å². The van der Waals surface area contributed by atoms with Crippen LogP contribution in [0.5, 0.6) is 5.88 Å². The molecule has 0 fully saturated rings. The number of nitrogen functional groups attached to an aromatic ring is 1. The molecule has 7 heteroatoms. The van der Waals surface area contributed by atoms with Gasteiger partial charge >= 0.3 is 6.18 Å². The first kappa shape index (κ1) is 12.7. The average molecular weight is 237 g/mol. The van der Waals surface area contributed by atoms with E-state index in [-0.39, 0.29) is 17.6 Å². The van der Waals surface area contributed by atoms with Crippen molar-refractivity contribution in [2.24, 2.45) is 0 Å². The molecule has 1 heterocycles. The molecule has 0 aliphatic rings. The monoisotopic (exact) mass is 237 g/mol. The van der Waals surface area contributed by atoms with E-state index in [1.807, 2.05) is 13.8 Å². The number of nitrogens with zero attached hydrogens (tertiary/aromatic N) is 2. The number of aromatic nitrogens is 2. The quantitative estimate of drug-likeness (QED) is 0.874. The van der Waals surface area contributed by atoms with Crippen molar-refractivity contribution in [2.75, 3.05) is 12.3 Å². The highest BCUT2D eigenvalue weighted by atomic mass is 19.4. The molecule has 0 spiro atoms. The number of anilines is 1. The Hall–Kier alpha value is -1.40. The lowest BCUT2D eigenvalue weighted by Crippen LogP contribution is -2.13. The van der Waals surface area contributed by atoms with E-state index in [0.29, 0.717) is 0 Å². The van der Waals surface area contributed by atoms with Crippen LogP contribution in [-0.2, 0) is 0 Å². The molecule has 0 unspecified atom stereocenters. The number of hydrogen-bond acceptors (Lipinski definition) is 3. The van der Waals surface area contributed by atoms with Crippen LogP contribution >= 0.6 is 0 Å². The first-order valence-corrected chi connectivity index (χ1v) is 4.84. The van der Waals surface area contributed by atoms with Crippen molar-refractivity contribution in [3.63, 3.8) is 0 Å². The van der Waals surface area contributed by atoms with Gasteiger partial charge in [0.2, 0.25) is 0 Å². The van der Waals surface area contributed by atoms with Gasteiger partial charge in [-0.3, -0.25) is 4.68 Å². The molecule has 0 aromatic carbocycles. The minimum Gasteiger partial charge on any atom is -0.475 e. The Bertz CT molecular complexity index is 346. The number of nitrogens with two attached hydrogens (primary N) is 1. The van der Waals surface area contributed by atoms with E-state index < -0.39 is 19.2 Å². The summed E-state index contributed by atoms with van der Waals surface area (Å²) < 4.78 is 42.0. The standard InChI is InChI=1S/C9H14F3N3O/c1-6(2)15-5-7(13)8(14-15)16-4-3-9(10,11)12/h5-6H,3-4,13H2,1-2H3. The van der Waals surface area contributed by atoms with E-state index in [0.717, 1.165) is 0 Å². The maximum Gasteiger partial charge on any atom is 0.392 e. The van der Waals surface area contributed by atoms with Crippen LogP contribution in [0, 0.1) is 0 Å². The van der Waals surface area contributed by atoms with Crippen molar-refractivity contribution < 1.29 is 17.9 Å². The predicted molar refractivity (Wildman–Crippen MR) is 53.2 cm³/mol. The van der Waals surface area contributed by atoms with E-state index in [1.165, 1.54) is 10.9 Å². The molecule has 0 radical (unpaired) electrons. The Morgan fingerprint density at radius 3 is 2.56 bits per heavy atom. The van der Waals surface area contributed by atoms with Crippen molar-refractivity contribution in [1.29, 1.82) is 0 Å². The van der Waals surface area contributed by atoms with Gasteiger partial charge in [0, 0.05) is 6.04 Å². The van der Waals surface area contributed by atoms with Gasteiger partial charge in [0.05, 0.1) is 19.2 Å². The van der Waals surface area contributed by atoms with Crippen LogP contribution in [0.4, 0.5) is 18.9 Å². The van der Waals surface area contributed by atoms with Crippen molar-refractivity contribution in [3.05, 3.63) is 6.20 Å². The highest BCUT2D eigenvalue weighted by Gasteiger charge is 2.27. The van der Waals surface area contributed by atoms with Gasteiger partial charge in [0.15, 0.2) is 0 Å². The summed E-state index contributed by atoms with van der Waals surface area (Å²) in [6.45, 7) is 3.29. The fourth-order valence-corrected chi connectivity index (χ4v) is 1.03. The lowest BCUT2D eigenvalue weighted by Gasteiger charge is -2.07. The SMILES string of the molecule is CC(C)n1cc(N)c(OCCC(F)(F)F)n1. The highest BCUT2D eigenvalue weighted by Crippen LogP contribution is 2.23. The van der Waals surface area contributed by atoms with Crippen molar-refractivity contribution >= 4 is 5.69 Å². The van der Waals surface area contributed by atoms with Gasteiger partial charge in [-0.05, 0) is 13.8 Å². The molecular formula is C9H14F3N3O. The Kier molecular flexibility index (Phi) is 3.66. The number of halogens is 3. The van der Waals surface area contributed by atoms with E-state index in [9.17, 15) is 13.2 Å². The topological polar surface area (TPSA) is 53.1 Å². The molecule has 2 N–H and O–H groups in total. The molecule has 16 heavy (non-hydrogen) atoms. The summed E-state index contributed by atoms with van der Waals surface area (Å²) in [5.74, 6) is 0.0537. The predicted octanol–water partition coefficient (Wildman–Crippen LogP) is 2.38. The number of rotatable bonds is 4. The van der Waals surface area contributed by atoms with Crippen LogP contribution in [0.1, 0.15) is 26.3 Å². The van der Waals surface area contributed by atoms with Crippen LogP contribution in [-0.4, -0.2) is 22.6 Å². The molecule has 0 saturated carbocycles. The lowest BCUT2D eigenvalue weighted by atomic mass is 10.4. The smallest absolute Gasteiger partial charge is 0.392 e. The fraction of sp³-hybridized carbons (Fsp3) is 0.667. The normalized spacial score (nSPS) is 12.1. The zero-order chi connectivity index (χ0) is 12.3. The molecule has 0 saturated heterocycles. The first-order valence-electron chi connectivity index (χ1n) is 4.84. The summed E-state index contributed by atoms with van der Waals surface area (Å²) in [4.78, 5) is 0. The van der Waals surface area contributed by atoms with Crippen LogP contribution in [0.2, 0.25) is 0 Å². The number of ether oxygens (including phenoxy) is 1. The second kappa shape index (κ2) is 4.63. The molecule has 92 valence electrons. The third kappa shape index (κ3) is 3.63. The molecule has 1 aromatic heterocycles. The van der Waals surface area contributed by atoms with E-state index in [1.54, 1.807) is 0 Å². The largest absolute Gasteiger partial charge is 0.475 e. The number of alkyl halides is 3. The molecule has 0 atom stereocenters. The molecule has 4 nitrogen and oxygen atoms in total. The average Bonchev–Trinajstić information content (AvgIpc) is 2.46. The van der Waals surface area contributed by atoms with Gasteiger partial charge in [-0.15, -0.1) is 5.10 Å². The van der Waals surface area contributed by atoms with Crippen LogP contribution in [0.3, 0.4) is 0 Å². The highest BCUT2D eigenvalue weighted by molar-refractivity contribution is 5.45. The Morgan fingerprint density at radius 2 is 2.12 bits per heavy atom. The van der Waals surface area contributed by atoms with E-state index in [4.69, 9.17) is 10.5 Å². The van der Waals surface area contributed by atoms with Gasteiger partial charge in [0.25, 0.3) is 5.88 Å². The minimum absolute atomic E-state index is 0.0537. The van der Waals surface area contributed by atoms with Crippen molar-refractivity contribution in [3.8, 4) is 5.88 Å². The molecule has 0 aliphatic carbocycles. The molecular weight excluding hydrogens is 223 g/mol. The molecule has 1 rings (SSSR count). The fourth-order valence-electron chi connectivity index (χ4n) is 1.03. The van der Waals surface area contributed by atoms with Gasteiger partial charge in [-0.2, -0.15) is 13.2 Å². The van der Waals surface area contributed by atoms with Gasteiger partial charge < -0.3 is 10.5 Å². The molecule has 0 aliphatic heterocycles. The Balaban J connectivity index is 2.54. The van der Waals surface area contributed by atoms with Crippen molar-refractivity contribution in [2.45, 2.75) is 32.5 Å². The van der Waals surface area contributed by atoms with Crippen LogP contribution < -0.4 is 10.5 Å². The minimum atomic E-state index is -4.23. The summed E-state index contributed by atoms with van der Waals surface area (Å²) in [7, 11) is 0. The zero-order valence-electron chi connectivity index (χ0n) is 9.08. The Morgan fingerprint density at radius 1 is 1.50 bits per heavy atom. The van der Waals surface area contributed by atoms with Gasteiger partial charge in [-0.1, -0.05) is 0 Å². The molecule has 0 amide bonds. The number of hydrogen-bond donors (Lipinski definition) is 1. The molecule has 0 bridgehead atoms. The summed E-state index contributed by atoms with van der Waals surface area (Å²) in [6.07, 6.45) is -3.70. The van der Waals surface area contributed by atoms with E-state index >= 15 is 0 Å². The zero-order valence-corrected chi connectivity index (χ0v) is 9.08. The third-order valence-electron chi connectivity index (χ3n) is 1.88. The summed E-state index contributed by atoms with van der Waals surface area (Å²) in [5.41, 5.74) is 5.79. The summed E-state index contributed by atoms with van der Waals surface area (Å²) >= 11 is 0.